The van der Waals surface area contributed by atoms with Gasteiger partial charge in [0.25, 0.3) is 5.91 Å². The van der Waals surface area contributed by atoms with Crippen LogP contribution < -0.4 is 5.32 Å². The van der Waals surface area contributed by atoms with Gasteiger partial charge in [0.05, 0.1) is 5.56 Å². The lowest BCUT2D eigenvalue weighted by Gasteiger charge is -2.17. The van der Waals surface area contributed by atoms with Gasteiger partial charge in [-0.15, -0.1) is 0 Å². The Morgan fingerprint density at radius 2 is 1.74 bits per heavy atom. The highest BCUT2D eigenvalue weighted by Gasteiger charge is 2.12. The largest absolute Gasteiger partial charge is 0.341 e. The smallest absolute Gasteiger partial charge is 0.255 e. The van der Waals surface area contributed by atoms with Crippen LogP contribution in [0.1, 0.15) is 27.0 Å². The number of pyridine rings is 2. The first-order valence-corrected chi connectivity index (χ1v) is 8.97. The molecule has 0 atom stereocenters. The fraction of sp³-hybridized carbons (Fsp3) is 0.227. The Morgan fingerprint density at radius 1 is 1.04 bits per heavy atom. The fourth-order valence-corrected chi connectivity index (χ4v) is 2.96. The molecule has 0 aliphatic carbocycles. The number of carbonyl (C=O) groups is 1. The van der Waals surface area contributed by atoms with Crippen LogP contribution in [0.25, 0.3) is 0 Å². The van der Waals surface area contributed by atoms with Crippen LogP contribution in [0.5, 0.6) is 0 Å². The molecule has 0 spiro atoms. The second kappa shape index (κ2) is 8.45. The average molecular weight is 360 g/mol. The van der Waals surface area contributed by atoms with E-state index in [9.17, 15) is 4.79 Å². The van der Waals surface area contributed by atoms with Crippen LogP contribution >= 0.6 is 0 Å². The van der Waals surface area contributed by atoms with E-state index in [0.29, 0.717) is 12.1 Å². The van der Waals surface area contributed by atoms with Crippen LogP contribution in [0.15, 0.2) is 61.1 Å². The maximum absolute atomic E-state index is 12.6. The topological polar surface area (TPSA) is 58.1 Å². The highest BCUT2D eigenvalue weighted by Crippen LogP contribution is 2.18. The summed E-state index contributed by atoms with van der Waals surface area (Å²) in [7, 11) is 1.81. The predicted molar refractivity (Wildman–Crippen MR) is 108 cm³/mol. The molecule has 5 nitrogen and oxygen atoms in total. The SMILES string of the molecule is Cc1cc(C)cc(Nc2ccc(C(=O)N(C)CCc3ccncc3)cn2)c1. The van der Waals surface area contributed by atoms with Crippen molar-refractivity contribution < 1.29 is 4.79 Å². The van der Waals surface area contributed by atoms with Crippen LogP contribution in [0, 0.1) is 13.8 Å². The summed E-state index contributed by atoms with van der Waals surface area (Å²) in [5.74, 6) is 0.686. The number of amides is 1. The quantitative estimate of drug-likeness (QED) is 0.717. The number of aryl methyl sites for hydroxylation is 2. The second-order valence-electron chi connectivity index (χ2n) is 6.77. The zero-order chi connectivity index (χ0) is 19.2. The number of carbonyl (C=O) groups excluding carboxylic acids is 1. The van der Waals surface area contributed by atoms with Crippen LogP contribution in [0.3, 0.4) is 0 Å². The molecule has 3 aromatic rings. The fourth-order valence-electron chi connectivity index (χ4n) is 2.96. The van der Waals surface area contributed by atoms with Gasteiger partial charge in [0.2, 0.25) is 0 Å². The molecule has 0 unspecified atom stereocenters. The number of benzene rings is 1. The number of anilines is 2. The summed E-state index contributed by atoms with van der Waals surface area (Å²) in [5, 5.41) is 3.29. The van der Waals surface area contributed by atoms with E-state index in [1.165, 1.54) is 11.1 Å². The van der Waals surface area contributed by atoms with Crippen molar-refractivity contribution in [2.24, 2.45) is 0 Å². The van der Waals surface area contributed by atoms with Gasteiger partial charge < -0.3 is 10.2 Å². The van der Waals surface area contributed by atoms with E-state index in [1.54, 1.807) is 23.5 Å². The highest BCUT2D eigenvalue weighted by atomic mass is 16.2. The molecule has 138 valence electrons. The Bertz CT molecular complexity index is 887. The number of rotatable bonds is 6. The molecule has 0 aliphatic heterocycles. The first-order chi connectivity index (χ1) is 13.0. The molecule has 1 amide bonds. The minimum Gasteiger partial charge on any atom is -0.341 e. The van der Waals surface area contributed by atoms with Gasteiger partial charge in [0.1, 0.15) is 5.82 Å². The van der Waals surface area contributed by atoms with Crippen molar-refractivity contribution in [2.75, 3.05) is 18.9 Å². The van der Waals surface area contributed by atoms with Crippen molar-refractivity contribution in [3.05, 3.63) is 83.3 Å². The maximum atomic E-state index is 12.6. The maximum Gasteiger partial charge on any atom is 0.255 e. The standard InChI is InChI=1S/C22H24N4O/c1-16-12-17(2)14-20(13-16)25-21-5-4-19(15-24-21)22(27)26(3)11-8-18-6-9-23-10-7-18/h4-7,9-10,12-15H,8,11H2,1-3H3,(H,24,25). The van der Waals surface area contributed by atoms with Gasteiger partial charge in [-0.1, -0.05) is 6.07 Å². The third-order valence-corrected chi connectivity index (χ3v) is 4.34. The number of hydrogen-bond acceptors (Lipinski definition) is 4. The number of aromatic nitrogens is 2. The molecule has 0 bridgehead atoms. The van der Waals surface area contributed by atoms with Crippen LogP contribution in [-0.2, 0) is 6.42 Å². The molecule has 0 saturated carbocycles. The van der Waals surface area contributed by atoms with Gasteiger partial charge in [0.15, 0.2) is 0 Å². The van der Waals surface area contributed by atoms with Crippen LogP contribution in [0.4, 0.5) is 11.5 Å². The van der Waals surface area contributed by atoms with E-state index >= 15 is 0 Å². The summed E-state index contributed by atoms with van der Waals surface area (Å²) < 4.78 is 0. The third-order valence-electron chi connectivity index (χ3n) is 4.34. The van der Waals surface area contributed by atoms with Gasteiger partial charge in [0, 0.05) is 37.9 Å². The van der Waals surface area contributed by atoms with Gasteiger partial charge in [-0.25, -0.2) is 4.98 Å². The number of nitrogens with one attached hydrogen (secondary N) is 1. The van der Waals surface area contributed by atoms with Gasteiger partial charge >= 0.3 is 0 Å². The summed E-state index contributed by atoms with van der Waals surface area (Å²) in [6.45, 7) is 4.77. The lowest BCUT2D eigenvalue weighted by Crippen LogP contribution is -2.28. The summed E-state index contributed by atoms with van der Waals surface area (Å²) in [6.07, 6.45) is 5.95. The van der Waals surface area contributed by atoms with E-state index in [-0.39, 0.29) is 5.91 Å². The molecule has 0 aliphatic rings. The number of hydrogen-bond donors (Lipinski definition) is 1. The predicted octanol–water partition coefficient (Wildman–Crippen LogP) is 4.15. The molecule has 2 aromatic heterocycles. The second-order valence-corrected chi connectivity index (χ2v) is 6.77. The molecule has 5 heteroatoms. The van der Waals surface area contributed by atoms with Crippen LogP contribution in [-0.4, -0.2) is 34.4 Å². The van der Waals surface area contributed by atoms with E-state index in [1.807, 2.05) is 31.3 Å². The summed E-state index contributed by atoms with van der Waals surface area (Å²) in [4.78, 5) is 22.7. The number of likely N-dealkylation sites (N-methyl/N-ethyl adjacent to an activating group) is 1. The minimum atomic E-state index is -0.0329. The lowest BCUT2D eigenvalue weighted by atomic mass is 10.1. The summed E-state index contributed by atoms with van der Waals surface area (Å²) >= 11 is 0. The normalized spacial score (nSPS) is 10.5. The monoisotopic (exact) mass is 360 g/mol. The van der Waals surface area contributed by atoms with Crippen molar-refractivity contribution in [3.8, 4) is 0 Å². The van der Waals surface area contributed by atoms with Crippen molar-refractivity contribution >= 4 is 17.4 Å². The van der Waals surface area contributed by atoms with Gasteiger partial charge in [-0.3, -0.25) is 9.78 Å². The Labute approximate surface area is 160 Å². The van der Waals surface area contributed by atoms with E-state index in [4.69, 9.17) is 0 Å². The average Bonchev–Trinajstić information content (AvgIpc) is 2.66. The first-order valence-electron chi connectivity index (χ1n) is 8.97. The van der Waals surface area contributed by atoms with Crippen molar-refractivity contribution in [1.82, 2.24) is 14.9 Å². The molecule has 2 heterocycles. The zero-order valence-corrected chi connectivity index (χ0v) is 15.9. The summed E-state index contributed by atoms with van der Waals surface area (Å²) in [5.41, 5.74) is 5.13. The first kappa shape index (κ1) is 18.6. The molecule has 0 saturated heterocycles. The molecule has 0 fully saturated rings. The third kappa shape index (κ3) is 5.14. The molecule has 3 rings (SSSR count). The van der Waals surface area contributed by atoms with E-state index in [2.05, 4.69) is 47.3 Å². The molecule has 0 radical (unpaired) electrons. The van der Waals surface area contributed by atoms with Gasteiger partial charge in [-0.2, -0.15) is 0 Å². The van der Waals surface area contributed by atoms with Crippen molar-refractivity contribution in [1.29, 1.82) is 0 Å². The zero-order valence-electron chi connectivity index (χ0n) is 15.9. The van der Waals surface area contributed by atoms with E-state index in [0.717, 1.165) is 23.5 Å². The molecule has 1 N–H and O–H groups in total. The van der Waals surface area contributed by atoms with Crippen molar-refractivity contribution in [2.45, 2.75) is 20.3 Å². The minimum absolute atomic E-state index is 0.0329. The summed E-state index contributed by atoms with van der Waals surface area (Å²) in [6, 6.07) is 13.8. The van der Waals surface area contributed by atoms with Crippen molar-refractivity contribution in [3.63, 3.8) is 0 Å². The molecule has 1 aromatic carbocycles. The Balaban J connectivity index is 1.61. The van der Waals surface area contributed by atoms with E-state index < -0.39 is 0 Å². The van der Waals surface area contributed by atoms with Gasteiger partial charge in [-0.05, 0) is 73.4 Å². The lowest BCUT2D eigenvalue weighted by molar-refractivity contribution is 0.0796. The Kier molecular flexibility index (Phi) is 5.81. The number of nitrogens with zero attached hydrogens (tertiary/aromatic N) is 3. The van der Waals surface area contributed by atoms with Crippen LogP contribution in [0.2, 0.25) is 0 Å². The Hall–Kier alpha value is -3.21. The molecular weight excluding hydrogens is 336 g/mol. The highest BCUT2D eigenvalue weighted by molar-refractivity contribution is 5.94. The Morgan fingerprint density at radius 3 is 2.37 bits per heavy atom. The molecule has 27 heavy (non-hydrogen) atoms. The molecular formula is C22H24N4O.